The molecule has 2 rings (SSSR count). The summed E-state index contributed by atoms with van der Waals surface area (Å²) in [7, 11) is 2.25. The van der Waals surface area contributed by atoms with Gasteiger partial charge >= 0.3 is 0 Å². The monoisotopic (exact) mass is 227 g/mol. The quantitative estimate of drug-likeness (QED) is 0.559. The van der Waals surface area contributed by atoms with E-state index in [-0.39, 0.29) is 11.0 Å². The van der Waals surface area contributed by atoms with Crippen LogP contribution in [0.1, 0.15) is 38.5 Å². The van der Waals surface area contributed by atoms with Gasteiger partial charge in [-0.05, 0) is 37.5 Å². The van der Waals surface area contributed by atoms with E-state index in [4.69, 9.17) is 0 Å². The second-order valence-electron chi connectivity index (χ2n) is 5.66. The Hall–Kier alpha value is -0.640. The second kappa shape index (κ2) is 5.13. The largest absolute Gasteiger partial charge is 0.337 e. The smallest absolute Gasteiger partial charge is 0.213 e. The fraction of sp³-hybridized carbons (Fsp3) is 1.00. The molecule has 1 heterocycles. The standard InChI is InChI=1S/C12H22N2O2/c1-13-7-5-10(6-8-13)11-3-2-4-12(9-11)14(15)16/h10-12H,2-9H2,1H3/p+1. The second-order valence-corrected chi connectivity index (χ2v) is 5.66. The maximum atomic E-state index is 10.8. The van der Waals surface area contributed by atoms with Gasteiger partial charge in [-0.25, -0.2) is 0 Å². The Bertz CT molecular complexity index is 249. The summed E-state index contributed by atoms with van der Waals surface area (Å²) in [5.74, 6) is 1.41. The number of nitrogens with one attached hydrogen (secondary N) is 1. The molecule has 0 radical (unpaired) electrons. The molecule has 2 unspecified atom stereocenters. The first-order valence-corrected chi connectivity index (χ1v) is 6.61. The SMILES string of the molecule is C[NH+]1CCC(C2CCCC([N+](=O)[O-])C2)CC1. The van der Waals surface area contributed by atoms with Gasteiger partial charge in [0.05, 0.1) is 20.1 Å². The lowest BCUT2D eigenvalue weighted by Crippen LogP contribution is -3.10. The van der Waals surface area contributed by atoms with Crippen LogP contribution in [0.4, 0.5) is 0 Å². The summed E-state index contributed by atoms with van der Waals surface area (Å²) in [6.45, 7) is 2.51. The zero-order chi connectivity index (χ0) is 11.5. The molecule has 4 nitrogen and oxygen atoms in total. The van der Waals surface area contributed by atoms with Crippen LogP contribution in [0.2, 0.25) is 0 Å². The Labute approximate surface area is 97.2 Å². The molecule has 1 aliphatic carbocycles. The van der Waals surface area contributed by atoms with Crippen LogP contribution >= 0.6 is 0 Å². The minimum Gasteiger partial charge on any atom is -0.337 e. The molecule has 0 amide bonds. The average molecular weight is 227 g/mol. The molecule has 1 N–H and O–H groups in total. The summed E-state index contributed by atoms with van der Waals surface area (Å²) in [6, 6.07) is -0.245. The van der Waals surface area contributed by atoms with Gasteiger partial charge in [-0.3, -0.25) is 10.1 Å². The Kier molecular flexibility index (Phi) is 3.79. The molecule has 2 aliphatic rings. The Balaban J connectivity index is 1.87. The number of piperidine rings is 1. The zero-order valence-corrected chi connectivity index (χ0v) is 10.2. The summed E-state index contributed by atoms with van der Waals surface area (Å²) >= 11 is 0. The van der Waals surface area contributed by atoms with Crippen molar-refractivity contribution >= 4 is 0 Å². The van der Waals surface area contributed by atoms with Crippen LogP contribution in [0.25, 0.3) is 0 Å². The first kappa shape index (κ1) is 11.8. The molecule has 2 atom stereocenters. The van der Waals surface area contributed by atoms with Gasteiger partial charge in [-0.1, -0.05) is 0 Å². The van der Waals surface area contributed by atoms with E-state index in [1.807, 2.05) is 0 Å². The van der Waals surface area contributed by atoms with Crippen LogP contribution in [0, 0.1) is 22.0 Å². The highest BCUT2D eigenvalue weighted by Crippen LogP contribution is 2.34. The normalized spacial score (nSPS) is 40.6. The highest BCUT2D eigenvalue weighted by molar-refractivity contribution is 4.79. The summed E-state index contributed by atoms with van der Waals surface area (Å²) in [4.78, 5) is 12.4. The van der Waals surface area contributed by atoms with Crippen LogP contribution in [-0.2, 0) is 0 Å². The van der Waals surface area contributed by atoms with E-state index in [0.717, 1.165) is 25.2 Å². The fourth-order valence-electron chi connectivity index (χ4n) is 3.42. The van der Waals surface area contributed by atoms with Gasteiger partial charge in [-0.2, -0.15) is 0 Å². The maximum absolute atomic E-state index is 10.8. The topological polar surface area (TPSA) is 47.6 Å². The van der Waals surface area contributed by atoms with Gasteiger partial charge in [-0.15, -0.1) is 0 Å². The van der Waals surface area contributed by atoms with Crippen LogP contribution in [0.5, 0.6) is 0 Å². The van der Waals surface area contributed by atoms with Gasteiger partial charge in [0.15, 0.2) is 0 Å². The molecule has 0 aromatic carbocycles. The lowest BCUT2D eigenvalue weighted by Gasteiger charge is -2.35. The van der Waals surface area contributed by atoms with E-state index in [0.29, 0.717) is 5.92 Å². The van der Waals surface area contributed by atoms with Crippen LogP contribution in [0.15, 0.2) is 0 Å². The minimum absolute atomic E-state index is 0.0492. The summed E-state index contributed by atoms with van der Waals surface area (Å²) in [6.07, 6.45) is 6.50. The summed E-state index contributed by atoms with van der Waals surface area (Å²) < 4.78 is 0. The van der Waals surface area contributed by atoms with Crippen molar-refractivity contribution in [1.29, 1.82) is 0 Å². The fourth-order valence-corrected chi connectivity index (χ4v) is 3.42. The van der Waals surface area contributed by atoms with Crippen LogP contribution in [0.3, 0.4) is 0 Å². The molecule has 0 aromatic rings. The molecule has 0 spiro atoms. The van der Waals surface area contributed by atoms with E-state index >= 15 is 0 Å². The number of likely N-dealkylation sites (tertiary alicyclic amines) is 1. The van der Waals surface area contributed by atoms with Crippen LogP contribution in [-0.4, -0.2) is 31.1 Å². The van der Waals surface area contributed by atoms with Crippen molar-refractivity contribution in [1.82, 2.24) is 0 Å². The van der Waals surface area contributed by atoms with Gasteiger partial charge < -0.3 is 4.90 Å². The van der Waals surface area contributed by atoms with E-state index in [2.05, 4.69) is 7.05 Å². The Morgan fingerprint density at radius 1 is 1.12 bits per heavy atom. The van der Waals surface area contributed by atoms with Gasteiger partial charge in [0, 0.05) is 17.8 Å². The lowest BCUT2D eigenvalue weighted by atomic mass is 9.74. The number of quaternary nitrogens is 1. The van der Waals surface area contributed by atoms with Crippen molar-refractivity contribution in [3.05, 3.63) is 10.1 Å². The predicted molar refractivity (Wildman–Crippen MR) is 62.1 cm³/mol. The molecule has 1 saturated heterocycles. The summed E-state index contributed by atoms with van der Waals surface area (Å²) in [5, 5.41) is 10.8. The number of hydrogen-bond acceptors (Lipinski definition) is 2. The third kappa shape index (κ3) is 2.73. The van der Waals surface area contributed by atoms with Crippen molar-refractivity contribution in [3.8, 4) is 0 Å². The van der Waals surface area contributed by atoms with Gasteiger partial charge in [0.2, 0.25) is 6.04 Å². The Morgan fingerprint density at radius 2 is 1.81 bits per heavy atom. The summed E-state index contributed by atoms with van der Waals surface area (Å²) in [5.41, 5.74) is 0. The molecule has 4 heteroatoms. The molecule has 16 heavy (non-hydrogen) atoms. The van der Waals surface area contributed by atoms with E-state index in [9.17, 15) is 10.1 Å². The van der Waals surface area contributed by atoms with Gasteiger partial charge in [0.25, 0.3) is 0 Å². The van der Waals surface area contributed by atoms with E-state index in [1.165, 1.54) is 32.4 Å². The highest BCUT2D eigenvalue weighted by Gasteiger charge is 2.35. The predicted octanol–water partition coefficient (Wildman–Crippen LogP) is 0.747. The van der Waals surface area contributed by atoms with Crippen molar-refractivity contribution in [2.45, 2.75) is 44.6 Å². The number of nitrogens with zero attached hydrogens (tertiary/aromatic N) is 1. The van der Waals surface area contributed by atoms with Crippen LogP contribution < -0.4 is 4.90 Å². The average Bonchev–Trinajstić information content (AvgIpc) is 2.30. The van der Waals surface area contributed by atoms with E-state index in [1.54, 1.807) is 4.90 Å². The highest BCUT2D eigenvalue weighted by atomic mass is 16.6. The van der Waals surface area contributed by atoms with Crippen molar-refractivity contribution in [2.24, 2.45) is 11.8 Å². The first-order chi connectivity index (χ1) is 7.66. The molecule has 0 aromatic heterocycles. The Morgan fingerprint density at radius 3 is 2.44 bits per heavy atom. The lowest BCUT2D eigenvalue weighted by molar-refractivity contribution is -0.886. The minimum atomic E-state index is -0.245. The van der Waals surface area contributed by atoms with Gasteiger partial charge in [0.1, 0.15) is 0 Å². The van der Waals surface area contributed by atoms with Crippen molar-refractivity contribution in [2.75, 3.05) is 20.1 Å². The number of rotatable bonds is 2. The molecule has 1 saturated carbocycles. The molecule has 0 bridgehead atoms. The zero-order valence-electron chi connectivity index (χ0n) is 10.2. The maximum Gasteiger partial charge on any atom is 0.213 e. The molecular weight excluding hydrogens is 204 g/mol. The molecule has 2 fully saturated rings. The first-order valence-electron chi connectivity index (χ1n) is 6.61. The molecular formula is C12H23N2O2+. The number of hydrogen-bond donors (Lipinski definition) is 1. The van der Waals surface area contributed by atoms with E-state index < -0.39 is 0 Å². The molecule has 92 valence electrons. The van der Waals surface area contributed by atoms with Crippen molar-refractivity contribution in [3.63, 3.8) is 0 Å². The van der Waals surface area contributed by atoms with Crippen molar-refractivity contribution < 1.29 is 9.82 Å². The third-order valence-corrected chi connectivity index (χ3v) is 4.54. The third-order valence-electron chi connectivity index (χ3n) is 4.54. The molecule has 1 aliphatic heterocycles. The number of nitro groups is 1.